The summed E-state index contributed by atoms with van der Waals surface area (Å²) in [6, 6.07) is 19.2. The normalized spacial score (nSPS) is 12.0. The highest BCUT2D eigenvalue weighted by atomic mass is 35.5. The van der Waals surface area contributed by atoms with Gasteiger partial charge >= 0.3 is 0 Å². The van der Waals surface area contributed by atoms with E-state index in [0.29, 0.717) is 10.8 Å². The number of carbonyl (C=O) groups is 1. The van der Waals surface area contributed by atoms with E-state index in [4.69, 9.17) is 16.3 Å². The third kappa shape index (κ3) is 3.69. The first-order valence-corrected chi connectivity index (χ1v) is 8.13. The monoisotopic (exact) mass is 339 g/mol. The Morgan fingerprint density at radius 3 is 2.54 bits per heavy atom. The van der Waals surface area contributed by atoms with Crippen molar-refractivity contribution in [2.45, 2.75) is 20.0 Å². The molecule has 1 atom stereocenters. The number of hydrogen-bond acceptors (Lipinski definition) is 2. The number of carbonyl (C=O) groups excluding carboxylic acids is 1. The van der Waals surface area contributed by atoms with E-state index in [1.165, 1.54) is 0 Å². The maximum Gasteiger partial charge on any atom is 0.265 e. The van der Waals surface area contributed by atoms with Crippen LogP contribution in [0.2, 0.25) is 5.02 Å². The van der Waals surface area contributed by atoms with Crippen LogP contribution in [0.4, 0.5) is 5.69 Å². The number of hydrogen-bond donors (Lipinski definition) is 1. The number of nitrogens with one attached hydrogen (secondary N) is 1. The number of ether oxygens (including phenoxy) is 1. The molecule has 3 rings (SSSR count). The van der Waals surface area contributed by atoms with Crippen molar-refractivity contribution in [1.29, 1.82) is 0 Å². The number of benzene rings is 3. The summed E-state index contributed by atoms with van der Waals surface area (Å²) in [5.41, 5.74) is 1.65. The molecule has 122 valence electrons. The first kappa shape index (κ1) is 16.3. The second-order valence-electron chi connectivity index (χ2n) is 5.72. The minimum absolute atomic E-state index is 0.195. The van der Waals surface area contributed by atoms with Gasteiger partial charge in [-0.25, -0.2) is 0 Å². The fraction of sp³-hybridized carbons (Fsp3) is 0.150. The molecule has 3 aromatic rings. The van der Waals surface area contributed by atoms with Gasteiger partial charge < -0.3 is 10.1 Å². The highest BCUT2D eigenvalue weighted by Crippen LogP contribution is 2.23. The van der Waals surface area contributed by atoms with Crippen LogP contribution in [0.25, 0.3) is 10.8 Å². The molecule has 3 aromatic carbocycles. The molecule has 0 aliphatic rings. The Bertz CT molecular complexity index is 892. The van der Waals surface area contributed by atoms with Crippen molar-refractivity contribution >= 4 is 34.0 Å². The standard InChI is InChI=1S/C20H18ClNO2/c1-13-11-17(21)8-10-19(13)24-14(2)20(23)22-18-9-7-15-5-3-4-6-16(15)12-18/h3-12,14H,1-2H3,(H,22,23). The predicted molar refractivity (Wildman–Crippen MR) is 98.9 cm³/mol. The third-order valence-corrected chi connectivity index (χ3v) is 4.06. The first-order valence-electron chi connectivity index (χ1n) is 7.75. The van der Waals surface area contributed by atoms with Crippen molar-refractivity contribution < 1.29 is 9.53 Å². The van der Waals surface area contributed by atoms with Crippen molar-refractivity contribution in [3.8, 4) is 5.75 Å². The molecule has 0 bridgehead atoms. The van der Waals surface area contributed by atoms with Gasteiger partial charge in [0.2, 0.25) is 0 Å². The van der Waals surface area contributed by atoms with E-state index >= 15 is 0 Å². The van der Waals surface area contributed by atoms with Crippen molar-refractivity contribution in [2.75, 3.05) is 5.32 Å². The van der Waals surface area contributed by atoms with Crippen molar-refractivity contribution in [2.24, 2.45) is 0 Å². The van der Waals surface area contributed by atoms with Crippen molar-refractivity contribution in [3.05, 3.63) is 71.2 Å². The van der Waals surface area contributed by atoms with Crippen LogP contribution in [0, 0.1) is 6.92 Å². The molecule has 0 aliphatic carbocycles. The van der Waals surface area contributed by atoms with Crippen LogP contribution in [0.3, 0.4) is 0 Å². The number of anilines is 1. The lowest BCUT2D eigenvalue weighted by Gasteiger charge is -2.16. The lowest BCUT2D eigenvalue weighted by molar-refractivity contribution is -0.122. The zero-order chi connectivity index (χ0) is 17.1. The molecule has 0 spiro atoms. The Labute approximate surface area is 146 Å². The van der Waals surface area contributed by atoms with Gasteiger partial charge in [0.05, 0.1) is 0 Å². The summed E-state index contributed by atoms with van der Waals surface area (Å²) >= 11 is 5.94. The Morgan fingerprint density at radius 2 is 1.79 bits per heavy atom. The van der Waals surface area contributed by atoms with Gasteiger partial charge in [-0.15, -0.1) is 0 Å². The van der Waals surface area contributed by atoms with E-state index in [0.717, 1.165) is 22.0 Å². The molecule has 0 heterocycles. The zero-order valence-electron chi connectivity index (χ0n) is 13.5. The summed E-state index contributed by atoms with van der Waals surface area (Å²) in [5.74, 6) is 0.459. The fourth-order valence-electron chi connectivity index (χ4n) is 2.50. The minimum atomic E-state index is -0.614. The molecular formula is C20H18ClNO2. The number of amides is 1. The van der Waals surface area contributed by atoms with E-state index in [1.54, 1.807) is 19.1 Å². The van der Waals surface area contributed by atoms with Gasteiger partial charge in [-0.05, 0) is 60.5 Å². The maximum absolute atomic E-state index is 12.4. The molecule has 4 heteroatoms. The molecular weight excluding hydrogens is 322 g/mol. The van der Waals surface area contributed by atoms with Gasteiger partial charge in [-0.1, -0.05) is 41.9 Å². The van der Waals surface area contributed by atoms with Crippen LogP contribution in [0.15, 0.2) is 60.7 Å². The summed E-state index contributed by atoms with van der Waals surface area (Å²) in [5, 5.41) is 5.76. The predicted octanol–water partition coefficient (Wildman–Crippen LogP) is 5.21. The summed E-state index contributed by atoms with van der Waals surface area (Å²) in [6.07, 6.45) is -0.614. The lowest BCUT2D eigenvalue weighted by atomic mass is 10.1. The maximum atomic E-state index is 12.4. The van der Waals surface area contributed by atoms with Crippen LogP contribution >= 0.6 is 11.6 Å². The van der Waals surface area contributed by atoms with E-state index in [-0.39, 0.29) is 5.91 Å². The molecule has 0 fully saturated rings. The third-order valence-electron chi connectivity index (χ3n) is 3.83. The van der Waals surface area contributed by atoms with Crippen molar-refractivity contribution in [3.63, 3.8) is 0 Å². The Hall–Kier alpha value is -2.52. The Balaban J connectivity index is 1.70. The Kier molecular flexibility index (Phi) is 4.72. The summed E-state index contributed by atoms with van der Waals surface area (Å²) in [4.78, 5) is 12.4. The minimum Gasteiger partial charge on any atom is -0.481 e. The van der Waals surface area contributed by atoms with E-state index in [2.05, 4.69) is 5.32 Å². The van der Waals surface area contributed by atoms with Crippen molar-refractivity contribution in [1.82, 2.24) is 0 Å². The number of rotatable bonds is 4. The second-order valence-corrected chi connectivity index (χ2v) is 6.16. The van der Waals surface area contributed by atoms with E-state index in [1.807, 2.05) is 55.5 Å². The van der Waals surface area contributed by atoms with Gasteiger partial charge in [0.15, 0.2) is 6.10 Å². The molecule has 0 saturated carbocycles. The Morgan fingerprint density at radius 1 is 1.04 bits per heavy atom. The first-order chi connectivity index (χ1) is 11.5. The largest absolute Gasteiger partial charge is 0.481 e. The highest BCUT2D eigenvalue weighted by molar-refractivity contribution is 6.30. The van der Waals surface area contributed by atoms with Crippen LogP contribution in [0.1, 0.15) is 12.5 Å². The average molecular weight is 340 g/mol. The molecule has 0 saturated heterocycles. The van der Waals surface area contributed by atoms with Gasteiger partial charge in [-0.3, -0.25) is 4.79 Å². The SMILES string of the molecule is Cc1cc(Cl)ccc1OC(C)C(=O)Nc1ccc2ccccc2c1. The molecule has 0 aliphatic heterocycles. The van der Waals surface area contributed by atoms with Gasteiger partial charge in [0.1, 0.15) is 5.75 Å². The highest BCUT2D eigenvalue weighted by Gasteiger charge is 2.16. The molecule has 1 unspecified atom stereocenters. The molecule has 1 N–H and O–H groups in total. The second kappa shape index (κ2) is 6.93. The van der Waals surface area contributed by atoms with Gasteiger partial charge in [0, 0.05) is 10.7 Å². The average Bonchev–Trinajstić information content (AvgIpc) is 2.57. The van der Waals surface area contributed by atoms with Crippen LogP contribution in [-0.4, -0.2) is 12.0 Å². The topological polar surface area (TPSA) is 38.3 Å². The van der Waals surface area contributed by atoms with E-state index in [9.17, 15) is 4.79 Å². The van der Waals surface area contributed by atoms with Gasteiger partial charge in [-0.2, -0.15) is 0 Å². The lowest BCUT2D eigenvalue weighted by Crippen LogP contribution is -2.30. The molecule has 1 amide bonds. The number of fused-ring (bicyclic) bond motifs is 1. The number of aryl methyl sites for hydroxylation is 1. The zero-order valence-corrected chi connectivity index (χ0v) is 14.3. The molecule has 3 nitrogen and oxygen atoms in total. The van der Waals surface area contributed by atoms with Crippen LogP contribution < -0.4 is 10.1 Å². The fourth-order valence-corrected chi connectivity index (χ4v) is 2.73. The molecule has 0 aromatic heterocycles. The van der Waals surface area contributed by atoms with E-state index < -0.39 is 6.10 Å². The van der Waals surface area contributed by atoms with Crippen LogP contribution in [0.5, 0.6) is 5.75 Å². The molecule has 0 radical (unpaired) electrons. The molecule has 24 heavy (non-hydrogen) atoms. The smallest absolute Gasteiger partial charge is 0.265 e. The van der Waals surface area contributed by atoms with Gasteiger partial charge in [0.25, 0.3) is 5.91 Å². The quantitative estimate of drug-likeness (QED) is 0.708. The van der Waals surface area contributed by atoms with Crippen LogP contribution in [-0.2, 0) is 4.79 Å². The summed E-state index contributed by atoms with van der Waals surface area (Å²) in [7, 11) is 0. The summed E-state index contributed by atoms with van der Waals surface area (Å²) < 4.78 is 5.75. The number of halogens is 1. The summed E-state index contributed by atoms with van der Waals surface area (Å²) in [6.45, 7) is 3.62.